The average molecular weight is 168 g/mol. The van der Waals surface area contributed by atoms with Crippen LogP contribution in [-0.2, 0) is 11.2 Å². The van der Waals surface area contributed by atoms with Gasteiger partial charge in [0.15, 0.2) is 0 Å². The van der Waals surface area contributed by atoms with E-state index < -0.39 is 0 Å². The second kappa shape index (κ2) is 2.95. The van der Waals surface area contributed by atoms with Crippen LogP contribution in [-0.4, -0.2) is 6.61 Å². The lowest BCUT2D eigenvalue weighted by Gasteiger charge is -1.88. The van der Waals surface area contributed by atoms with Gasteiger partial charge in [-0.3, -0.25) is 0 Å². The van der Waals surface area contributed by atoms with Gasteiger partial charge in [-0.05, 0) is 18.6 Å². The summed E-state index contributed by atoms with van der Waals surface area (Å²) in [4.78, 5) is 2.91. The van der Waals surface area contributed by atoms with Crippen LogP contribution < -0.4 is 0 Å². The molecule has 2 rings (SSSR count). The Kier molecular flexibility index (Phi) is 1.96. The van der Waals surface area contributed by atoms with E-state index >= 15 is 0 Å². The number of epoxide rings is 1. The lowest BCUT2D eigenvalue weighted by Crippen LogP contribution is -1.72. The predicted octanol–water partition coefficient (Wildman–Crippen LogP) is 2.77. The third-order valence-electron chi connectivity index (χ3n) is 1.83. The molecular formula is C9H12OS. The Bertz CT molecular complexity index is 237. The third-order valence-corrected chi connectivity index (χ3v) is 3.07. The van der Waals surface area contributed by atoms with E-state index in [0.717, 1.165) is 6.61 Å². The summed E-state index contributed by atoms with van der Waals surface area (Å²) in [5, 5.41) is 0. The van der Waals surface area contributed by atoms with Crippen molar-refractivity contribution in [2.45, 2.75) is 25.9 Å². The van der Waals surface area contributed by atoms with Gasteiger partial charge in [-0.2, -0.15) is 0 Å². The molecule has 1 aromatic heterocycles. The van der Waals surface area contributed by atoms with E-state index in [1.54, 1.807) is 0 Å². The van der Waals surface area contributed by atoms with Gasteiger partial charge in [0.2, 0.25) is 0 Å². The van der Waals surface area contributed by atoms with Crippen LogP contribution in [0.25, 0.3) is 0 Å². The summed E-state index contributed by atoms with van der Waals surface area (Å²) in [7, 11) is 0. The summed E-state index contributed by atoms with van der Waals surface area (Å²) in [6, 6.07) is 4.43. The van der Waals surface area contributed by atoms with E-state index in [9.17, 15) is 0 Å². The standard InChI is InChI=1S/C9H12OS/c1-2-3-7-4-5-9(11-7)8-6-10-8/h4-5,8H,2-3,6H2,1H3/t8-/m0/s1. The molecule has 0 aliphatic carbocycles. The van der Waals surface area contributed by atoms with Gasteiger partial charge in [0.05, 0.1) is 6.61 Å². The van der Waals surface area contributed by atoms with Crippen LogP contribution in [0.2, 0.25) is 0 Å². The van der Waals surface area contributed by atoms with Crippen LogP contribution in [0.3, 0.4) is 0 Å². The highest BCUT2D eigenvalue weighted by Crippen LogP contribution is 2.34. The molecule has 1 fully saturated rings. The molecule has 1 saturated heterocycles. The molecule has 1 aliphatic rings. The fraction of sp³-hybridized carbons (Fsp3) is 0.556. The third kappa shape index (κ3) is 1.63. The first-order valence-corrected chi connectivity index (χ1v) is 4.92. The highest BCUT2D eigenvalue weighted by Gasteiger charge is 2.25. The summed E-state index contributed by atoms with van der Waals surface area (Å²) < 4.78 is 5.20. The summed E-state index contributed by atoms with van der Waals surface area (Å²) in [6.45, 7) is 3.15. The number of hydrogen-bond donors (Lipinski definition) is 0. The molecule has 0 aromatic carbocycles. The van der Waals surface area contributed by atoms with Gasteiger partial charge in [-0.1, -0.05) is 13.3 Å². The van der Waals surface area contributed by atoms with Crippen LogP contribution in [0.4, 0.5) is 0 Å². The van der Waals surface area contributed by atoms with Gasteiger partial charge in [-0.15, -0.1) is 11.3 Å². The number of thiophene rings is 1. The summed E-state index contributed by atoms with van der Waals surface area (Å²) in [5.41, 5.74) is 0. The zero-order valence-corrected chi connectivity index (χ0v) is 7.49. The van der Waals surface area contributed by atoms with Crippen molar-refractivity contribution >= 4 is 11.3 Å². The zero-order chi connectivity index (χ0) is 7.68. The normalized spacial score (nSPS) is 22.1. The first-order valence-electron chi connectivity index (χ1n) is 4.10. The summed E-state index contributed by atoms with van der Waals surface area (Å²) in [5.74, 6) is 0. The Hall–Kier alpha value is -0.340. The molecule has 0 unspecified atom stereocenters. The van der Waals surface area contributed by atoms with Crippen LogP contribution in [0, 0.1) is 0 Å². The SMILES string of the molecule is CCCc1ccc([C@@H]2CO2)s1. The van der Waals surface area contributed by atoms with Crippen molar-refractivity contribution in [1.29, 1.82) is 0 Å². The highest BCUT2D eigenvalue weighted by atomic mass is 32.1. The molecule has 0 saturated carbocycles. The van der Waals surface area contributed by atoms with Crippen molar-refractivity contribution in [1.82, 2.24) is 0 Å². The first kappa shape index (κ1) is 7.32. The number of hydrogen-bond acceptors (Lipinski definition) is 2. The number of rotatable bonds is 3. The molecule has 0 N–H and O–H groups in total. The van der Waals surface area contributed by atoms with Crippen molar-refractivity contribution in [3.8, 4) is 0 Å². The molecule has 0 spiro atoms. The molecule has 1 atom stereocenters. The van der Waals surface area contributed by atoms with E-state index in [2.05, 4.69) is 19.1 Å². The van der Waals surface area contributed by atoms with Crippen molar-refractivity contribution in [3.63, 3.8) is 0 Å². The van der Waals surface area contributed by atoms with E-state index in [0.29, 0.717) is 6.10 Å². The first-order chi connectivity index (χ1) is 5.40. The van der Waals surface area contributed by atoms with Crippen molar-refractivity contribution < 1.29 is 4.74 Å². The highest BCUT2D eigenvalue weighted by molar-refractivity contribution is 7.12. The van der Waals surface area contributed by atoms with Crippen LogP contribution in [0.15, 0.2) is 12.1 Å². The number of aryl methyl sites for hydroxylation is 1. The molecule has 1 nitrogen and oxygen atoms in total. The molecule has 0 bridgehead atoms. The largest absolute Gasteiger partial charge is 0.367 e. The van der Waals surface area contributed by atoms with Gasteiger partial charge >= 0.3 is 0 Å². The Balaban J connectivity index is 2.06. The van der Waals surface area contributed by atoms with E-state index in [1.165, 1.54) is 22.6 Å². The zero-order valence-electron chi connectivity index (χ0n) is 6.67. The fourth-order valence-corrected chi connectivity index (χ4v) is 2.31. The fourth-order valence-electron chi connectivity index (χ4n) is 1.16. The van der Waals surface area contributed by atoms with Crippen molar-refractivity contribution in [2.24, 2.45) is 0 Å². The summed E-state index contributed by atoms with van der Waals surface area (Å²) in [6.07, 6.45) is 2.91. The molecule has 0 amide bonds. The van der Waals surface area contributed by atoms with Crippen LogP contribution >= 0.6 is 11.3 Å². The van der Waals surface area contributed by atoms with E-state index in [-0.39, 0.29) is 0 Å². The topological polar surface area (TPSA) is 12.5 Å². The van der Waals surface area contributed by atoms with Gasteiger partial charge in [0.1, 0.15) is 6.10 Å². The van der Waals surface area contributed by atoms with E-state index in [1.807, 2.05) is 11.3 Å². The molecule has 0 radical (unpaired) electrons. The van der Waals surface area contributed by atoms with Crippen LogP contribution in [0.5, 0.6) is 0 Å². The average Bonchev–Trinajstić information content (AvgIpc) is 2.75. The molecule has 11 heavy (non-hydrogen) atoms. The van der Waals surface area contributed by atoms with Crippen molar-refractivity contribution in [2.75, 3.05) is 6.61 Å². The number of ether oxygens (including phenoxy) is 1. The van der Waals surface area contributed by atoms with Gasteiger partial charge in [0.25, 0.3) is 0 Å². The quantitative estimate of drug-likeness (QED) is 0.632. The molecule has 1 aromatic rings. The maximum Gasteiger partial charge on any atom is 0.115 e. The second-order valence-corrected chi connectivity index (χ2v) is 4.08. The molecule has 2 heteroatoms. The monoisotopic (exact) mass is 168 g/mol. The maximum atomic E-state index is 5.20. The Labute approximate surface area is 71.0 Å². The molecule has 60 valence electrons. The molecule has 1 aliphatic heterocycles. The van der Waals surface area contributed by atoms with Gasteiger partial charge in [0, 0.05) is 9.75 Å². The smallest absolute Gasteiger partial charge is 0.115 e. The molecular weight excluding hydrogens is 156 g/mol. The van der Waals surface area contributed by atoms with Crippen molar-refractivity contribution in [3.05, 3.63) is 21.9 Å². The lowest BCUT2D eigenvalue weighted by atomic mass is 10.3. The van der Waals surface area contributed by atoms with Gasteiger partial charge < -0.3 is 4.74 Å². The predicted molar refractivity (Wildman–Crippen MR) is 47.0 cm³/mol. The minimum atomic E-state index is 0.450. The Morgan fingerprint density at radius 1 is 1.64 bits per heavy atom. The van der Waals surface area contributed by atoms with Gasteiger partial charge in [-0.25, -0.2) is 0 Å². The minimum absolute atomic E-state index is 0.450. The Morgan fingerprint density at radius 2 is 2.45 bits per heavy atom. The minimum Gasteiger partial charge on any atom is -0.367 e. The second-order valence-electron chi connectivity index (χ2n) is 2.88. The maximum absolute atomic E-state index is 5.20. The lowest BCUT2D eigenvalue weighted by molar-refractivity contribution is 0.418. The van der Waals surface area contributed by atoms with E-state index in [4.69, 9.17) is 4.74 Å². The van der Waals surface area contributed by atoms with Crippen LogP contribution in [0.1, 0.15) is 29.2 Å². The molecule has 2 heterocycles. The Morgan fingerprint density at radius 3 is 3.09 bits per heavy atom. The summed E-state index contributed by atoms with van der Waals surface area (Å²) >= 11 is 1.90.